The van der Waals surface area contributed by atoms with Gasteiger partial charge in [0, 0.05) is 31.5 Å². The number of rotatable bonds is 6. The minimum Gasteiger partial charge on any atom is -0.384 e. The van der Waals surface area contributed by atoms with Gasteiger partial charge in [-0.25, -0.2) is 9.97 Å². The number of aryl methyl sites for hydroxylation is 1. The van der Waals surface area contributed by atoms with Crippen molar-refractivity contribution in [1.29, 1.82) is 0 Å². The standard InChI is InChI=1S/C12H22N4O/c1-9(2)16(5-6-17-4)8-12-14-10(3)7-11(13)15-12/h7,9H,5-6,8H2,1-4H3,(H2,13,14,15). The number of nitrogens with zero attached hydrogens (tertiary/aromatic N) is 3. The van der Waals surface area contributed by atoms with Crippen LogP contribution in [0.25, 0.3) is 0 Å². The van der Waals surface area contributed by atoms with E-state index in [0.29, 0.717) is 25.0 Å². The van der Waals surface area contributed by atoms with Crippen LogP contribution in [-0.2, 0) is 11.3 Å². The van der Waals surface area contributed by atoms with Gasteiger partial charge in [-0.3, -0.25) is 4.90 Å². The first kappa shape index (κ1) is 13.9. The lowest BCUT2D eigenvalue weighted by atomic mass is 10.3. The van der Waals surface area contributed by atoms with Crippen molar-refractivity contribution in [2.75, 3.05) is 26.0 Å². The maximum absolute atomic E-state index is 5.72. The minimum absolute atomic E-state index is 0.426. The van der Waals surface area contributed by atoms with Crippen LogP contribution in [0.1, 0.15) is 25.4 Å². The number of ether oxygens (including phenoxy) is 1. The van der Waals surface area contributed by atoms with Gasteiger partial charge in [0.1, 0.15) is 11.6 Å². The molecule has 0 atom stereocenters. The summed E-state index contributed by atoms with van der Waals surface area (Å²) < 4.78 is 5.10. The fourth-order valence-corrected chi connectivity index (χ4v) is 1.64. The second kappa shape index (κ2) is 6.51. The molecule has 1 aromatic rings. The van der Waals surface area contributed by atoms with Gasteiger partial charge in [0.25, 0.3) is 0 Å². The average molecular weight is 238 g/mol. The summed E-state index contributed by atoms with van der Waals surface area (Å²) in [5.74, 6) is 1.30. The topological polar surface area (TPSA) is 64.3 Å². The highest BCUT2D eigenvalue weighted by Crippen LogP contribution is 2.07. The maximum atomic E-state index is 5.72. The molecule has 5 heteroatoms. The summed E-state index contributed by atoms with van der Waals surface area (Å²) >= 11 is 0. The van der Waals surface area contributed by atoms with Crippen molar-refractivity contribution in [3.8, 4) is 0 Å². The molecule has 0 saturated heterocycles. The van der Waals surface area contributed by atoms with E-state index in [-0.39, 0.29) is 0 Å². The van der Waals surface area contributed by atoms with E-state index >= 15 is 0 Å². The second-order valence-electron chi connectivity index (χ2n) is 4.41. The van der Waals surface area contributed by atoms with Crippen LogP contribution in [0.2, 0.25) is 0 Å². The summed E-state index contributed by atoms with van der Waals surface area (Å²) in [6, 6.07) is 2.20. The van der Waals surface area contributed by atoms with Gasteiger partial charge in [-0.15, -0.1) is 0 Å². The number of nitrogens with two attached hydrogens (primary N) is 1. The number of aromatic nitrogens is 2. The normalized spacial score (nSPS) is 11.4. The molecule has 1 aromatic heterocycles. The van der Waals surface area contributed by atoms with Gasteiger partial charge in [-0.1, -0.05) is 0 Å². The Morgan fingerprint density at radius 3 is 2.65 bits per heavy atom. The first-order valence-electron chi connectivity index (χ1n) is 5.86. The molecule has 0 amide bonds. The van der Waals surface area contributed by atoms with Gasteiger partial charge in [0.2, 0.25) is 0 Å². The summed E-state index contributed by atoms with van der Waals surface area (Å²) in [6.07, 6.45) is 0. The number of hydrogen-bond donors (Lipinski definition) is 1. The van der Waals surface area contributed by atoms with Gasteiger partial charge < -0.3 is 10.5 Å². The van der Waals surface area contributed by atoms with Crippen LogP contribution in [0.5, 0.6) is 0 Å². The Morgan fingerprint density at radius 2 is 2.12 bits per heavy atom. The number of hydrogen-bond acceptors (Lipinski definition) is 5. The maximum Gasteiger partial charge on any atom is 0.144 e. The van der Waals surface area contributed by atoms with Crippen molar-refractivity contribution < 1.29 is 4.74 Å². The van der Waals surface area contributed by atoms with Crippen molar-refractivity contribution in [2.45, 2.75) is 33.4 Å². The lowest BCUT2D eigenvalue weighted by molar-refractivity contribution is 0.123. The molecule has 0 radical (unpaired) electrons. The first-order valence-corrected chi connectivity index (χ1v) is 5.86. The zero-order valence-corrected chi connectivity index (χ0v) is 11.1. The minimum atomic E-state index is 0.426. The van der Waals surface area contributed by atoms with E-state index in [2.05, 4.69) is 28.7 Å². The molecule has 17 heavy (non-hydrogen) atoms. The molecule has 96 valence electrons. The third kappa shape index (κ3) is 4.66. The molecule has 0 aliphatic rings. The molecule has 0 unspecified atom stereocenters. The van der Waals surface area contributed by atoms with E-state index in [4.69, 9.17) is 10.5 Å². The Labute approximate surface area is 103 Å². The molecule has 0 saturated carbocycles. The Kier molecular flexibility index (Phi) is 5.31. The molecular weight excluding hydrogens is 216 g/mol. The molecule has 2 N–H and O–H groups in total. The summed E-state index contributed by atoms with van der Waals surface area (Å²) in [6.45, 7) is 8.50. The first-order chi connectivity index (χ1) is 8.02. The van der Waals surface area contributed by atoms with Crippen molar-refractivity contribution in [2.24, 2.45) is 0 Å². The summed E-state index contributed by atoms with van der Waals surface area (Å²) in [4.78, 5) is 10.9. The second-order valence-corrected chi connectivity index (χ2v) is 4.41. The molecule has 1 rings (SSSR count). The molecule has 0 aliphatic heterocycles. The fraction of sp³-hybridized carbons (Fsp3) is 0.667. The van der Waals surface area contributed by atoms with Gasteiger partial charge >= 0.3 is 0 Å². The smallest absolute Gasteiger partial charge is 0.144 e. The van der Waals surface area contributed by atoms with Crippen LogP contribution in [-0.4, -0.2) is 41.2 Å². The zero-order chi connectivity index (χ0) is 12.8. The molecule has 0 spiro atoms. The largest absolute Gasteiger partial charge is 0.384 e. The molecule has 0 aliphatic carbocycles. The highest BCUT2D eigenvalue weighted by Gasteiger charge is 2.12. The Bertz CT molecular complexity index is 334. The Hall–Kier alpha value is -1.20. The zero-order valence-electron chi connectivity index (χ0n) is 11.1. The SMILES string of the molecule is COCCN(Cc1nc(C)cc(N)n1)C(C)C. The van der Waals surface area contributed by atoms with Gasteiger partial charge in [0.05, 0.1) is 13.2 Å². The van der Waals surface area contributed by atoms with E-state index in [1.807, 2.05) is 6.92 Å². The number of methoxy groups -OCH3 is 1. The van der Waals surface area contributed by atoms with Crippen LogP contribution in [0, 0.1) is 6.92 Å². The van der Waals surface area contributed by atoms with Crippen molar-refractivity contribution in [3.05, 3.63) is 17.6 Å². The lowest BCUT2D eigenvalue weighted by Crippen LogP contribution is -2.34. The molecule has 0 fully saturated rings. The number of nitrogen functional groups attached to an aromatic ring is 1. The Morgan fingerprint density at radius 1 is 1.41 bits per heavy atom. The summed E-state index contributed by atoms with van der Waals surface area (Å²) in [5, 5.41) is 0. The van der Waals surface area contributed by atoms with Crippen molar-refractivity contribution in [1.82, 2.24) is 14.9 Å². The van der Waals surface area contributed by atoms with Crippen molar-refractivity contribution in [3.63, 3.8) is 0 Å². The van der Waals surface area contributed by atoms with Crippen molar-refractivity contribution >= 4 is 5.82 Å². The van der Waals surface area contributed by atoms with E-state index in [9.17, 15) is 0 Å². The summed E-state index contributed by atoms with van der Waals surface area (Å²) in [7, 11) is 1.71. The Balaban J connectivity index is 2.71. The van der Waals surface area contributed by atoms with Crippen LogP contribution in [0.3, 0.4) is 0 Å². The van der Waals surface area contributed by atoms with Gasteiger partial charge in [0.15, 0.2) is 0 Å². The van der Waals surface area contributed by atoms with Gasteiger partial charge in [-0.2, -0.15) is 0 Å². The molecule has 1 heterocycles. The predicted molar refractivity (Wildman–Crippen MR) is 68.6 cm³/mol. The van der Waals surface area contributed by atoms with E-state index < -0.39 is 0 Å². The quantitative estimate of drug-likeness (QED) is 0.807. The molecule has 5 nitrogen and oxygen atoms in total. The van der Waals surface area contributed by atoms with Crippen LogP contribution >= 0.6 is 0 Å². The van der Waals surface area contributed by atoms with E-state index in [1.54, 1.807) is 13.2 Å². The highest BCUT2D eigenvalue weighted by atomic mass is 16.5. The van der Waals surface area contributed by atoms with Crippen LogP contribution in [0.15, 0.2) is 6.07 Å². The summed E-state index contributed by atoms with van der Waals surface area (Å²) in [5.41, 5.74) is 6.62. The monoisotopic (exact) mass is 238 g/mol. The number of anilines is 1. The third-order valence-corrected chi connectivity index (χ3v) is 2.58. The molecule has 0 aromatic carbocycles. The third-order valence-electron chi connectivity index (χ3n) is 2.58. The molecular formula is C12H22N4O. The van der Waals surface area contributed by atoms with E-state index in [0.717, 1.165) is 18.1 Å². The van der Waals surface area contributed by atoms with Crippen LogP contribution in [0.4, 0.5) is 5.82 Å². The van der Waals surface area contributed by atoms with Crippen LogP contribution < -0.4 is 5.73 Å². The molecule has 0 bridgehead atoms. The van der Waals surface area contributed by atoms with E-state index in [1.165, 1.54) is 0 Å². The highest BCUT2D eigenvalue weighted by molar-refractivity contribution is 5.29. The average Bonchev–Trinajstić information content (AvgIpc) is 2.22. The predicted octanol–water partition coefficient (Wildman–Crippen LogP) is 1.22. The fourth-order valence-electron chi connectivity index (χ4n) is 1.64. The van der Waals surface area contributed by atoms with Gasteiger partial charge in [-0.05, 0) is 20.8 Å². The lowest BCUT2D eigenvalue weighted by Gasteiger charge is -2.25.